The van der Waals surface area contributed by atoms with Crippen molar-refractivity contribution < 1.29 is 4.79 Å². The van der Waals surface area contributed by atoms with Crippen LogP contribution in [-0.4, -0.2) is 43.4 Å². The van der Waals surface area contributed by atoms with E-state index in [1.165, 1.54) is 0 Å². The average molecular weight is 295 g/mol. The Balaban J connectivity index is 1.61. The lowest BCUT2D eigenvalue weighted by Gasteiger charge is -2.24. The van der Waals surface area contributed by atoms with E-state index in [0.29, 0.717) is 5.69 Å². The molecule has 1 atom stereocenters. The van der Waals surface area contributed by atoms with Crippen molar-refractivity contribution in [3.63, 3.8) is 0 Å². The zero-order chi connectivity index (χ0) is 14.9. The van der Waals surface area contributed by atoms with Crippen LogP contribution in [0.15, 0.2) is 42.7 Å². The third kappa shape index (κ3) is 2.16. The van der Waals surface area contributed by atoms with Crippen molar-refractivity contribution in [3.8, 4) is 0 Å². The molecular formula is C16H17N5O. The molecule has 22 heavy (non-hydrogen) atoms. The quantitative estimate of drug-likeness (QED) is 0.804. The van der Waals surface area contributed by atoms with Gasteiger partial charge in [-0.3, -0.25) is 14.6 Å². The summed E-state index contributed by atoms with van der Waals surface area (Å²) < 4.78 is 1.89. The SMILES string of the molecule is O=C(c1n[nH]c2ccccc12)N1CCC[C@H]1Cn1cccn1. The number of fused-ring (bicyclic) bond motifs is 1. The van der Waals surface area contributed by atoms with E-state index >= 15 is 0 Å². The third-order valence-electron chi connectivity index (χ3n) is 4.27. The largest absolute Gasteiger partial charge is 0.332 e. The number of nitrogens with zero attached hydrogens (tertiary/aromatic N) is 4. The molecule has 0 unspecified atom stereocenters. The molecule has 1 N–H and O–H groups in total. The van der Waals surface area contributed by atoms with Gasteiger partial charge < -0.3 is 4.90 Å². The molecule has 3 heterocycles. The lowest BCUT2D eigenvalue weighted by molar-refractivity contribution is 0.0717. The number of hydrogen-bond donors (Lipinski definition) is 1. The molecule has 1 fully saturated rings. The Kier molecular flexibility index (Phi) is 3.14. The number of nitrogens with one attached hydrogen (secondary N) is 1. The standard InChI is InChI=1S/C16H17N5O/c22-16(15-13-6-1-2-7-14(13)18-19-15)21-10-3-5-12(21)11-20-9-4-8-17-20/h1-2,4,6-9,12H,3,5,10-11H2,(H,18,19)/t12-/m0/s1. The number of para-hydroxylation sites is 1. The molecule has 1 amide bonds. The fourth-order valence-corrected chi connectivity index (χ4v) is 3.18. The predicted molar refractivity (Wildman–Crippen MR) is 82.4 cm³/mol. The summed E-state index contributed by atoms with van der Waals surface area (Å²) >= 11 is 0. The van der Waals surface area contributed by atoms with Crippen LogP contribution in [0.4, 0.5) is 0 Å². The summed E-state index contributed by atoms with van der Waals surface area (Å²) in [5.74, 6) is 0.00658. The van der Waals surface area contributed by atoms with Gasteiger partial charge in [-0.15, -0.1) is 0 Å². The molecule has 0 radical (unpaired) electrons. The second-order valence-corrected chi connectivity index (χ2v) is 5.64. The Labute approximate surface area is 127 Å². The van der Waals surface area contributed by atoms with Gasteiger partial charge >= 0.3 is 0 Å². The fourth-order valence-electron chi connectivity index (χ4n) is 3.18. The number of hydrogen-bond acceptors (Lipinski definition) is 3. The second kappa shape index (κ2) is 5.29. The summed E-state index contributed by atoms with van der Waals surface area (Å²) in [4.78, 5) is 14.8. The summed E-state index contributed by atoms with van der Waals surface area (Å²) in [6.45, 7) is 1.52. The van der Waals surface area contributed by atoms with Crippen LogP contribution < -0.4 is 0 Å². The van der Waals surface area contributed by atoms with Crippen molar-refractivity contribution in [2.75, 3.05) is 6.54 Å². The number of likely N-dealkylation sites (tertiary alicyclic amines) is 1. The highest BCUT2D eigenvalue weighted by Gasteiger charge is 2.31. The zero-order valence-electron chi connectivity index (χ0n) is 12.1. The fraction of sp³-hybridized carbons (Fsp3) is 0.312. The molecule has 1 aliphatic heterocycles. The molecule has 2 aromatic heterocycles. The molecule has 1 aliphatic rings. The molecule has 0 saturated carbocycles. The van der Waals surface area contributed by atoms with Crippen LogP contribution in [0, 0.1) is 0 Å². The van der Waals surface area contributed by atoms with Gasteiger partial charge in [0.2, 0.25) is 0 Å². The van der Waals surface area contributed by atoms with Gasteiger partial charge in [-0.05, 0) is 25.0 Å². The van der Waals surface area contributed by atoms with Crippen LogP contribution in [0.5, 0.6) is 0 Å². The second-order valence-electron chi connectivity index (χ2n) is 5.64. The summed E-state index contributed by atoms with van der Waals surface area (Å²) in [5.41, 5.74) is 1.41. The van der Waals surface area contributed by atoms with E-state index in [9.17, 15) is 4.79 Å². The molecule has 0 spiro atoms. The van der Waals surface area contributed by atoms with Gasteiger partial charge in [-0.1, -0.05) is 18.2 Å². The van der Waals surface area contributed by atoms with Crippen LogP contribution in [0.2, 0.25) is 0 Å². The Hall–Kier alpha value is -2.63. The number of aromatic nitrogens is 4. The van der Waals surface area contributed by atoms with Crippen LogP contribution in [0.25, 0.3) is 10.9 Å². The predicted octanol–water partition coefficient (Wildman–Crippen LogP) is 2.06. The lowest BCUT2D eigenvalue weighted by atomic mass is 10.1. The molecular weight excluding hydrogens is 278 g/mol. The van der Waals surface area contributed by atoms with Gasteiger partial charge in [0.15, 0.2) is 5.69 Å². The van der Waals surface area contributed by atoms with E-state index in [1.807, 2.05) is 46.1 Å². The molecule has 1 saturated heterocycles. The van der Waals surface area contributed by atoms with E-state index in [2.05, 4.69) is 15.3 Å². The average Bonchev–Trinajstić information content (AvgIpc) is 3.27. The van der Waals surface area contributed by atoms with E-state index in [4.69, 9.17) is 0 Å². The monoisotopic (exact) mass is 295 g/mol. The third-order valence-corrected chi connectivity index (χ3v) is 4.27. The van der Waals surface area contributed by atoms with Gasteiger partial charge in [-0.2, -0.15) is 10.2 Å². The first-order valence-corrected chi connectivity index (χ1v) is 7.54. The van der Waals surface area contributed by atoms with Crippen molar-refractivity contribution in [1.82, 2.24) is 24.9 Å². The first-order valence-electron chi connectivity index (χ1n) is 7.54. The van der Waals surface area contributed by atoms with Crippen LogP contribution in [-0.2, 0) is 6.54 Å². The lowest BCUT2D eigenvalue weighted by Crippen LogP contribution is -2.38. The van der Waals surface area contributed by atoms with Crippen molar-refractivity contribution in [2.45, 2.75) is 25.4 Å². The molecule has 112 valence electrons. The number of carbonyl (C=O) groups excluding carboxylic acids is 1. The minimum absolute atomic E-state index is 0.00658. The number of aromatic amines is 1. The van der Waals surface area contributed by atoms with E-state index < -0.39 is 0 Å². The molecule has 0 bridgehead atoms. The van der Waals surface area contributed by atoms with Crippen LogP contribution in [0.1, 0.15) is 23.3 Å². The van der Waals surface area contributed by atoms with Crippen molar-refractivity contribution in [2.24, 2.45) is 0 Å². The minimum atomic E-state index is 0.00658. The Morgan fingerprint density at radius 1 is 1.32 bits per heavy atom. The van der Waals surface area contributed by atoms with E-state index in [1.54, 1.807) is 6.20 Å². The van der Waals surface area contributed by atoms with Gasteiger partial charge in [0, 0.05) is 24.3 Å². The topological polar surface area (TPSA) is 66.8 Å². The van der Waals surface area contributed by atoms with Gasteiger partial charge in [0.25, 0.3) is 5.91 Å². The molecule has 0 aliphatic carbocycles. The number of H-pyrrole nitrogens is 1. The van der Waals surface area contributed by atoms with Crippen molar-refractivity contribution >= 4 is 16.8 Å². The Bertz CT molecular complexity index is 792. The summed E-state index contributed by atoms with van der Waals surface area (Å²) in [6.07, 6.45) is 5.74. The molecule has 6 heteroatoms. The number of amides is 1. The Morgan fingerprint density at radius 2 is 2.23 bits per heavy atom. The zero-order valence-corrected chi connectivity index (χ0v) is 12.1. The molecule has 3 aromatic rings. The van der Waals surface area contributed by atoms with Gasteiger partial charge in [-0.25, -0.2) is 0 Å². The molecule has 4 rings (SSSR count). The smallest absolute Gasteiger partial charge is 0.275 e. The maximum Gasteiger partial charge on any atom is 0.275 e. The maximum absolute atomic E-state index is 12.9. The summed E-state index contributed by atoms with van der Waals surface area (Å²) in [7, 11) is 0. The molecule has 6 nitrogen and oxygen atoms in total. The normalized spacial score (nSPS) is 18.2. The minimum Gasteiger partial charge on any atom is -0.332 e. The van der Waals surface area contributed by atoms with Crippen molar-refractivity contribution in [1.29, 1.82) is 0 Å². The van der Waals surface area contributed by atoms with Gasteiger partial charge in [0.05, 0.1) is 18.1 Å². The maximum atomic E-state index is 12.9. The van der Waals surface area contributed by atoms with Gasteiger partial charge in [0.1, 0.15) is 0 Å². The number of carbonyl (C=O) groups is 1. The first-order chi connectivity index (χ1) is 10.8. The van der Waals surface area contributed by atoms with Crippen molar-refractivity contribution in [3.05, 3.63) is 48.4 Å². The highest BCUT2D eigenvalue weighted by Crippen LogP contribution is 2.24. The van der Waals surface area contributed by atoms with Crippen LogP contribution in [0.3, 0.4) is 0 Å². The van der Waals surface area contributed by atoms with Crippen LogP contribution >= 0.6 is 0 Å². The number of benzene rings is 1. The number of rotatable bonds is 3. The summed E-state index contributed by atoms with van der Waals surface area (Å²) in [6, 6.07) is 9.82. The highest BCUT2D eigenvalue weighted by molar-refractivity contribution is 6.04. The highest BCUT2D eigenvalue weighted by atomic mass is 16.2. The van der Waals surface area contributed by atoms with E-state index in [-0.39, 0.29) is 11.9 Å². The Morgan fingerprint density at radius 3 is 3.09 bits per heavy atom. The van der Waals surface area contributed by atoms with E-state index in [0.717, 1.165) is 36.8 Å². The molecule has 1 aromatic carbocycles. The first kappa shape index (κ1) is 13.1. The summed E-state index contributed by atoms with van der Waals surface area (Å²) in [5, 5.41) is 12.3.